The van der Waals surface area contributed by atoms with Gasteiger partial charge in [0, 0.05) is 6.20 Å². The van der Waals surface area contributed by atoms with E-state index in [1.54, 1.807) is 6.20 Å². The summed E-state index contributed by atoms with van der Waals surface area (Å²) in [7, 11) is 0. The number of aromatic nitrogens is 3. The fourth-order valence-corrected chi connectivity index (χ4v) is 0.205. The SMILES string of the molecule is c1cnncn1. The van der Waals surface area contributed by atoms with Gasteiger partial charge in [-0.3, -0.25) is 0 Å². The van der Waals surface area contributed by atoms with Gasteiger partial charge in [-0.1, -0.05) is 0 Å². The van der Waals surface area contributed by atoms with Crippen molar-refractivity contribution >= 4 is 0 Å². The zero-order chi connectivity index (χ0) is 4.24. The summed E-state index contributed by atoms with van der Waals surface area (Å²) in [5, 5.41) is 6.90. The maximum Gasteiger partial charge on any atom is 0.138 e. The number of hydrogen-bond acceptors (Lipinski definition) is 3. The minimum Gasteiger partial charge on any atom is -0.241 e. The van der Waals surface area contributed by atoms with E-state index in [1.165, 1.54) is 12.5 Å². The molecule has 0 aliphatic rings. The van der Waals surface area contributed by atoms with Crippen molar-refractivity contribution in [2.45, 2.75) is 0 Å². The van der Waals surface area contributed by atoms with Crippen molar-refractivity contribution in [3.8, 4) is 0 Å². The summed E-state index contributed by atoms with van der Waals surface area (Å²) in [6.45, 7) is 0. The Balaban J connectivity index is 3.00. The van der Waals surface area contributed by atoms with Crippen molar-refractivity contribution < 1.29 is 0 Å². The molecule has 3 heteroatoms. The zero-order valence-electron chi connectivity index (χ0n) is 3.07. The van der Waals surface area contributed by atoms with Crippen LogP contribution in [0.2, 0.25) is 0 Å². The standard InChI is InChI=1S/C3H3N3/c1-2-5-6-3-4-1/h1-3H. The van der Waals surface area contributed by atoms with Crippen LogP contribution < -0.4 is 0 Å². The molecule has 1 rings (SSSR count). The lowest BCUT2D eigenvalue weighted by Gasteiger charge is -1.69. The van der Waals surface area contributed by atoms with E-state index in [0.717, 1.165) is 0 Å². The topological polar surface area (TPSA) is 38.7 Å². The van der Waals surface area contributed by atoms with E-state index in [4.69, 9.17) is 0 Å². The van der Waals surface area contributed by atoms with E-state index in [1.807, 2.05) is 0 Å². The lowest BCUT2D eigenvalue weighted by atomic mass is 10.9. The molecule has 0 saturated heterocycles. The van der Waals surface area contributed by atoms with Crippen molar-refractivity contribution in [3.63, 3.8) is 0 Å². The summed E-state index contributed by atoms with van der Waals surface area (Å²) in [5.41, 5.74) is 0. The third kappa shape index (κ3) is 0.484. The van der Waals surface area contributed by atoms with Crippen molar-refractivity contribution in [2.75, 3.05) is 0 Å². The third-order valence-corrected chi connectivity index (χ3v) is 0.404. The Morgan fingerprint density at radius 2 is 2.00 bits per heavy atom. The molecule has 0 fully saturated rings. The summed E-state index contributed by atoms with van der Waals surface area (Å²) in [6.07, 6.45) is 4.49. The van der Waals surface area contributed by atoms with Gasteiger partial charge < -0.3 is 0 Å². The van der Waals surface area contributed by atoms with E-state index in [9.17, 15) is 0 Å². The largest absolute Gasteiger partial charge is 0.241 e. The quantitative estimate of drug-likeness (QED) is 0.436. The van der Waals surface area contributed by atoms with E-state index in [0.29, 0.717) is 0 Å². The first-order valence-electron chi connectivity index (χ1n) is 1.57. The van der Waals surface area contributed by atoms with Gasteiger partial charge in [0.05, 0.1) is 6.20 Å². The van der Waals surface area contributed by atoms with Gasteiger partial charge in [0.2, 0.25) is 0 Å². The van der Waals surface area contributed by atoms with Gasteiger partial charge in [-0.05, 0) is 0 Å². The van der Waals surface area contributed by atoms with Crippen LogP contribution in [0, 0.1) is 0 Å². The Bertz CT molecular complexity index is 78.0. The lowest BCUT2D eigenvalue weighted by Crippen LogP contribution is -1.75. The van der Waals surface area contributed by atoms with Crippen LogP contribution in [0.15, 0.2) is 18.7 Å². The van der Waals surface area contributed by atoms with Gasteiger partial charge >= 0.3 is 0 Å². The van der Waals surface area contributed by atoms with Crippen LogP contribution in [0.4, 0.5) is 0 Å². The van der Waals surface area contributed by atoms with Gasteiger partial charge in [-0.25, -0.2) is 4.98 Å². The smallest absolute Gasteiger partial charge is 0.138 e. The summed E-state index contributed by atoms with van der Waals surface area (Å²) >= 11 is 0. The van der Waals surface area contributed by atoms with Crippen LogP contribution in [0.5, 0.6) is 0 Å². The van der Waals surface area contributed by atoms with E-state index >= 15 is 0 Å². The number of hydrogen-bond donors (Lipinski definition) is 0. The Morgan fingerprint density at radius 1 is 1.00 bits per heavy atom. The number of rotatable bonds is 0. The van der Waals surface area contributed by atoms with Crippen LogP contribution in [0.3, 0.4) is 0 Å². The first-order chi connectivity index (χ1) is 3.00. The predicted octanol–water partition coefficient (Wildman–Crippen LogP) is -0.128. The van der Waals surface area contributed by atoms with E-state index in [-0.39, 0.29) is 0 Å². The van der Waals surface area contributed by atoms with Gasteiger partial charge in [0.15, 0.2) is 0 Å². The van der Waals surface area contributed by atoms with Gasteiger partial charge in [-0.15, -0.1) is 5.10 Å². The average molecular weight is 81.1 g/mol. The van der Waals surface area contributed by atoms with Gasteiger partial charge in [0.25, 0.3) is 0 Å². The van der Waals surface area contributed by atoms with Crippen LogP contribution in [-0.2, 0) is 0 Å². The number of nitrogens with zero attached hydrogens (tertiary/aromatic N) is 3. The zero-order valence-corrected chi connectivity index (χ0v) is 3.07. The average Bonchev–Trinajstić information content (AvgIpc) is 1.72. The van der Waals surface area contributed by atoms with Gasteiger partial charge in [0.1, 0.15) is 6.33 Å². The molecule has 0 spiro atoms. The fraction of sp³-hybridized carbons (Fsp3) is 0. The Morgan fingerprint density at radius 3 is 2.17 bits per heavy atom. The minimum atomic E-state index is 1.39. The van der Waals surface area contributed by atoms with E-state index < -0.39 is 0 Å². The Labute approximate surface area is 35.1 Å². The molecule has 1 heterocycles. The highest BCUT2D eigenvalue weighted by Gasteiger charge is 1.60. The van der Waals surface area contributed by atoms with Gasteiger partial charge in [-0.2, -0.15) is 5.10 Å². The molecule has 0 aliphatic heterocycles. The molecule has 1 aromatic rings. The molecule has 0 radical (unpaired) electrons. The Hall–Kier alpha value is -0.990. The maximum absolute atomic E-state index is 3.61. The van der Waals surface area contributed by atoms with Crippen molar-refractivity contribution in [3.05, 3.63) is 18.7 Å². The molecule has 0 atom stereocenters. The van der Waals surface area contributed by atoms with Crippen LogP contribution >= 0.6 is 0 Å². The highest BCUT2D eigenvalue weighted by Crippen LogP contribution is 1.59. The van der Waals surface area contributed by atoms with Crippen molar-refractivity contribution in [2.24, 2.45) is 0 Å². The summed E-state index contributed by atoms with van der Waals surface area (Å²) in [6, 6.07) is 0. The lowest BCUT2D eigenvalue weighted by molar-refractivity contribution is 0.969. The minimum absolute atomic E-state index is 1.39. The van der Waals surface area contributed by atoms with Crippen LogP contribution in [-0.4, -0.2) is 15.2 Å². The molecule has 3 nitrogen and oxygen atoms in total. The molecule has 6 heavy (non-hydrogen) atoms. The molecule has 0 saturated carbocycles. The van der Waals surface area contributed by atoms with Crippen LogP contribution in [0.25, 0.3) is 0 Å². The fourth-order valence-electron chi connectivity index (χ4n) is 0.205. The van der Waals surface area contributed by atoms with Crippen molar-refractivity contribution in [1.82, 2.24) is 15.2 Å². The Kier molecular flexibility index (Phi) is 0.774. The molecule has 0 bridgehead atoms. The second kappa shape index (κ2) is 1.45. The summed E-state index contributed by atoms with van der Waals surface area (Å²) in [4.78, 5) is 3.61. The summed E-state index contributed by atoms with van der Waals surface area (Å²) in [5.74, 6) is 0. The van der Waals surface area contributed by atoms with Crippen LogP contribution in [0.1, 0.15) is 0 Å². The molecule has 0 unspecified atom stereocenters. The molecular formula is C3H3N3. The second-order valence-corrected chi connectivity index (χ2v) is 0.794. The first-order valence-corrected chi connectivity index (χ1v) is 1.57. The molecule has 0 aromatic carbocycles. The second-order valence-electron chi connectivity index (χ2n) is 0.794. The van der Waals surface area contributed by atoms with E-state index in [2.05, 4.69) is 15.2 Å². The molecule has 0 aliphatic carbocycles. The molecular weight excluding hydrogens is 78.1 g/mol. The molecule has 0 amide bonds. The predicted molar refractivity (Wildman–Crippen MR) is 19.8 cm³/mol. The first kappa shape index (κ1) is 3.21. The highest BCUT2D eigenvalue weighted by atomic mass is 15.1. The maximum atomic E-state index is 3.61. The molecule has 0 N–H and O–H groups in total. The third-order valence-electron chi connectivity index (χ3n) is 0.404. The normalized spacial score (nSPS) is 8.00. The molecule has 1 aromatic heterocycles. The highest BCUT2D eigenvalue weighted by molar-refractivity contribution is 4.59. The summed E-state index contributed by atoms with van der Waals surface area (Å²) < 4.78 is 0. The monoisotopic (exact) mass is 81.0 g/mol. The van der Waals surface area contributed by atoms with Crippen molar-refractivity contribution in [1.29, 1.82) is 0 Å². The molecule has 30 valence electrons.